The molecular formula is C44H27NO. The largest absolute Gasteiger partial charge is 0.309 e. The fraction of sp³-hybridized carbons (Fsp3) is 0.0227. The third kappa shape index (κ3) is 3.18. The van der Waals surface area contributed by atoms with Gasteiger partial charge in [0.1, 0.15) is 0 Å². The molecule has 1 heterocycles. The van der Waals surface area contributed by atoms with Gasteiger partial charge in [0.2, 0.25) is 0 Å². The first-order valence-electron chi connectivity index (χ1n) is 15.8. The van der Waals surface area contributed by atoms with Crippen molar-refractivity contribution in [3.05, 3.63) is 197 Å². The Morgan fingerprint density at radius 3 is 1.76 bits per heavy atom. The fourth-order valence-corrected chi connectivity index (χ4v) is 8.35. The Labute approximate surface area is 266 Å². The summed E-state index contributed by atoms with van der Waals surface area (Å²) < 4.78 is 2.40. The number of para-hydroxylation sites is 2. The van der Waals surface area contributed by atoms with Gasteiger partial charge in [-0.25, -0.2) is 0 Å². The highest BCUT2D eigenvalue weighted by atomic mass is 16.1. The van der Waals surface area contributed by atoms with Gasteiger partial charge in [-0.05, 0) is 80.9 Å². The van der Waals surface area contributed by atoms with Crippen LogP contribution in [0.4, 0.5) is 0 Å². The van der Waals surface area contributed by atoms with E-state index in [9.17, 15) is 4.79 Å². The average molecular weight is 586 g/mol. The van der Waals surface area contributed by atoms with E-state index in [2.05, 4.69) is 132 Å². The van der Waals surface area contributed by atoms with Crippen LogP contribution in [-0.2, 0) is 5.41 Å². The van der Waals surface area contributed by atoms with E-state index in [0.29, 0.717) is 11.1 Å². The van der Waals surface area contributed by atoms with E-state index in [0.717, 1.165) is 5.69 Å². The van der Waals surface area contributed by atoms with Crippen LogP contribution in [0, 0.1) is 0 Å². The molecule has 2 aliphatic rings. The minimum absolute atomic E-state index is 0.0423. The fourth-order valence-electron chi connectivity index (χ4n) is 8.35. The molecule has 10 rings (SSSR count). The summed E-state index contributed by atoms with van der Waals surface area (Å²) in [6, 6.07) is 57.9. The van der Waals surface area contributed by atoms with Crippen molar-refractivity contribution in [2.75, 3.05) is 0 Å². The van der Waals surface area contributed by atoms with Gasteiger partial charge in [0.25, 0.3) is 0 Å². The number of rotatable bonds is 3. The Kier molecular flexibility index (Phi) is 5.10. The second-order valence-electron chi connectivity index (χ2n) is 12.4. The molecule has 1 aromatic heterocycles. The predicted octanol–water partition coefficient (Wildman–Crippen LogP) is 10.4. The second-order valence-corrected chi connectivity index (χ2v) is 12.4. The molecule has 0 saturated heterocycles. The van der Waals surface area contributed by atoms with Crippen molar-refractivity contribution in [3.8, 4) is 27.9 Å². The molecule has 7 aromatic carbocycles. The van der Waals surface area contributed by atoms with Crippen LogP contribution in [0.25, 0.3) is 49.7 Å². The molecule has 8 aromatic rings. The van der Waals surface area contributed by atoms with Crippen molar-refractivity contribution in [2.24, 2.45) is 0 Å². The number of benzene rings is 7. The van der Waals surface area contributed by atoms with Gasteiger partial charge in [-0.1, -0.05) is 127 Å². The highest BCUT2D eigenvalue weighted by Gasteiger charge is 2.52. The first-order valence-corrected chi connectivity index (χ1v) is 15.8. The number of carbonyl (C=O) groups excluding carboxylic acids is 1. The van der Waals surface area contributed by atoms with E-state index in [-0.39, 0.29) is 5.78 Å². The molecule has 0 radical (unpaired) electrons. The Hall–Kier alpha value is -5.99. The molecule has 1 unspecified atom stereocenters. The van der Waals surface area contributed by atoms with Crippen LogP contribution in [0.3, 0.4) is 0 Å². The number of aromatic nitrogens is 1. The zero-order valence-corrected chi connectivity index (χ0v) is 24.9. The Morgan fingerprint density at radius 2 is 1.00 bits per heavy atom. The lowest BCUT2D eigenvalue weighted by Gasteiger charge is -2.30. The van der Waals surface area contributed by atoms with E-state index >= 15 is 0 Å². The van der Waals surface area contributed by atoms with Crippen LogP contribution in [-0.4, -0.2) is 10.4 Å². The van der Waals surface area contributed by atoms with E-state index < -0.39 is 5.41 Å². The number of fused-ring (bicyclic) bond motifs is 13. The standard InChI is InChI=1S/C44H27NO/c46-43(28-13-3-1-4-14-28)29-23-24-33-31-17-7-10-20-37(31)44(39(33)25-29)38-21-11-8-18-32(38)35-26-36-34-19-9-12-22-41(34)45(42(36)27-40(35)44)30-15-5-2-6-16-30/h1-27H. The molecule has 0 bridgehead atoms. The number of nitrogens with zero attached hydrogens (tertiary/aromatic N) is 1. The maximum atomic E-state index is 13.9. The molecule has 0 fully saturated rings. The summed E-state index contributed by atoms with van der Waals surface area (Å²) >= 11 is 0. The highest BCUT2D eigenvalue weighted by Crippen LogP contribution is 2.63. The van der Waals surface area contributed by atoms with Crippen molar-refractivity contribution in [1.82, 2.24) is 4.57 Å². The lowest BCUT2D eigenvalue weighted by Crippen LogP contribution is -2.26. The van der Waals surface area contributed by atoms with Crippen molar-refractivity contribution in [1.29, 1.82) is 0 Å². The van der Waals surface area contributed by atoms with E-state index in [1.807, 2.05) is 36.4 Å². The van der Waals surface area contributed by atoms with Gasteiger partial charge in [-0.2, -0.15) is 0 Å². The van der Waals surface area contributed by atoms with Crippen LogP contribution in [0.1, 0.15) is 38.2 Å². The lowest BCUT2D eigenvalue weighted by atomic mass is 9.70. The van der Waals surface area contributed by atoms with E-state index in [4.69, 9.17) is 0 Å². The van der Waals surface area contributed by atoms with Crippen molar-refractivity contribution >= 4 is 27.6 Å². The summed E-state index contributed by atoms with van der Waals surface area (Å²) in [5, 5.41) is 2.48. The zero-order valence-electron chi connectivity index (χ0n) is 24.9. The third-order valence-electron chi connectivity index (χ3n) is 10.2. The minimum atomic E-state index is -0.559. The second kappa shape index (κ2) is 9.26. The summed E-state index contributed by atoms with van der Waals surface area (Å²) in [7, 11) is 0. The van der Waals surface area contributed by atoms with Crippen molar-refractivity contribution in [2.45, 2.75) is 5.41 Å². The summed E-state index contributed by atoms with van der Waals surface area (Å²) in [5.41, 5.74) is 14.2. The summed E-state index contributed by atoms with van der Waals surface area (Å²) in [4.78, 5) is 13.9. The molecule has 214 valence electrons. The Balaban J connectivity index is 1.34. The van der Waals surface area contributed by atoms with Gasteiger partial charge >= 0.3 is 0 Å². The first-order chi connectivity index (χ1) is 22.7. The number of carbonyl (C=O) groups is 1. The van der Waals surface area contributed by atoms with Gasteiger partial charge < -0.3 is 4.57 Å². The van der Waals surface area contributed by atoms with Gasteiger partial charge in [0.15, 0.2) is 5.78 Å². The minimum Gasteiger partial charge on any atom is -0.309 e. The molecule has 2 aliphatic carbocycles. The average Bonchev–Trinajstić information content (AvgIpc) is 3.72. The van der Waals surface area contributed by atoms with Gasteiger partial charge in [0.05, 0.1) is 16.4 Å². The first kappa shape index (κ1) is 25.3. The summed E-state index contributed by atoms with van der Waals surface area (Å²) in [6.07, 6.45) is 0. The predicted molar refractivity (Wildman–Crippen MR) is 187 cm³/mol. The SMILES string of the molecule is O=C(c1ccccc1)c1ccc2c(c1)C1(c3ccccc3-2)c2ccccc2-c2cc3c4ccccc4n(-c4ccccc4)c3cc21. The zero-order chi connectivity index (χ0) is 30.4. The lowest BCUT2D eigenvalue weighted by molar-refractivity contribution is 0.103. The molecule has 0 aliphatic heterocycles. The van der Waals surface area contributed by atoms with Gasteiger partial charge in [-0.15, -0.1) is 0 Å². The maximum absolute atomic E-state index is 13.9. The highest BCUT2D eigenvalue weighted by molar-refractivity contribution is 6.13. The quantitative estimate of drug-likeness (QED) is 0.189. The normalized spacial score (nSPS) is 15.6. The Morgan fingerprint density at radius 1 is 0.413 bits per heavy atom. The summed E-state index contributed by atoms with van der Waals surface area (Å²) in [6.45, 7) is 0. The van der Waals surface area contributed by atoms with Gasteiger partial charge in [0, 0.05) is 27.6 Å². The molecule has 0 N–H and O–H groups in total. The van der Waals surface area contributed by atoms with E-state index in [1.165, 1.54) is 66.3 Å². The van der Waals surface area contributed by atoms with E-state index in [1.54, 1.807) is 0 Å². The van der Waals surface area contributed by atoms with Crippen LogP contribution >= 0.6 is 0 Å². The number of ketones is 1. The van der Waals surface area contributed by atoms with Crippen molar-refractivity contribution in [3.63, 3.8) is 0 Å². The topological polar surface area (TPSA) is 22.0 Å². The third-order valence-corrected chi connectivity index (χ3v) is 10.2. The van der Waals surface area contributed by atoms with Crippen LogP contribution < -0.4 is 0 Å². The molecule has 2 heteroatoms. The monoisotopic (exact) mass is 585 g/mol. The van der Waals surface area contributed by atoms with Crippen LogP contribution in [0.5, 0.6) is 0 Å². The van der Waals surface area contributed by atoms with Crippen molar-refractivity contribution < 1.29 is 4.79 Å². The van der Waals surface area contributed by atoms with Crippen LogP contribution in [0.15, 0.2) is 164 Å². The van der Waals surface area contributed by atoms with Crippen LogP contribution in [0.2, 0.25) is 0 Å². The maximum Gasteiger partial charge on any atom is 0.193 e. The Bertz CT molecular complexity index is 2540. The smallest absolute Gasteiger partial charge is 0.193 e. The summed E-state index contributed by atoms with van der Waals surface area (Å²) in [5.74, 6) is 0.0423. The molecule has 1 spiro atoms. The molecular weight excluding hydrogens is 558 g/mol. The molecule has 46 heavy (non-hydrogen) atoms. The number of hydrogen-bond donors (Lipinski definition) is 0. The number of hydrogen-bond acceptors (Lipinski definition) is 1. The molecule has 2 nitrogen and oxygen atoms in total. The molecule has 1 atom stereocenters. The molecule has 0 amide bonds. The van der Waals surface area contributed by atoms with Gasteiger partial charge in [-0.3, -0.25) is 4.79 Å². The molecule has 0 saturated carbocycles.